The Hall–Kier alpha value is -1.27. The number of amides is 1. The summed E-state index contributed by atoms with van der Waals surface area (Å²) in [6.45, 7) is 6.32. The fraction of sp³-hybridized carbons (Fsp3) is 0.556. The molecule has 4 nitrogen and oxygen atoms in total. The Morgan fingerprint density at radius 2 is 2.04 bits per heavy atom. The van der Waals surface area contributed by atoms with Gasteiger partial charge in [0.05, 0.1) is 5.75 Å². The van der Waals surface area contributed by atoms with Crippen LogP contribution in [0.15, 0.2) is 18.2 Å². The molecule has 0 aliphatic carbocycles. The van der Waals surface area contributed by atoms with Crippen molar-refractivity contribution in [3.63, 3.8) is 0 Å². The number of carbonyl (C=O) groups excluding carboxylic acids is 1. The van der Waals surface area contributed by atoms with Crippen LogP contribution in [0.25, 0.3) is 0 Å². The van der Waals surface area contributed by atoms with Gasteiger partial charge in [0.2, 0.25) is 5.91 Å². The van der Waals surface area contributed by atoms with Crippen molar-refractivity contribution < 1.29 is 4.79 Å². The lowest BCUT2D eigenvalue weighted by atomic mass is 10.00. The number of likely N-dealkylation sites (tertiary alicyclic amines) is 1. The molecule has 132 valence electrons. The molecule has 1 aromatic carbocycles. The van der Waals surface area contributed by atoms with E-state index in [1.807, 2.05) is 38.1 Å². The third kappa shape index (κ3) is 5.38. The lowest BCUT2D eigenvalue weighted by Crippen LogP contribution is -2.36. The molecule has 0 aromatic heterocycles. The van der Waals surface area contributed by atoms with Gasteiger partial charge in [-0.1, -0.05) is 30.9 Å². The normalized spacial score (nSPS) is 15.2. The van der Waals surface area contributed by atoms with Crippen LogP contribution in [0, 0.1) is 12.8 Å². The molecule has 1 heterocycles. The first-order chi connectivity index (χ1) is 11.4. The maximum Gasteiger partial charge on any atom is 0.234 e. The van der Waals surface area contributed by atoms with Gasteiger partial charge in [0.25, 0.3) is 0 Å². The van der Waals surface area contributed by atoms with Gasteiger partial charge >= 0.3 is 0 Å². The number of piperidine rings is 1. The third-order valence-electron chi connectivity index (χ3n) is 4.37. The van der Waals surface area contributed by atoms with Crippen LogP contribution < -0.4 is 10.2 Å². The summed E-state index contributed by atoms with van der Waals surface area (Å²) in [5, 5.41) is 2.99. The lowest BCUT2D eigenvalue weighted by Gasteiger charge is -2.31. The van der Waals surface area contributed by atoms with Crippen molar-refractivity contribution in [3.05, 3.63) is 23.8 Å². The van der Waals surface area contributed by atoms with Crippen molar-refractivity contribution in [1.82, 2.24) is 4.90 Å². The van der Waals surface area contributed by atoms with Gasteiger partial charge in [-0.15, -0.1) is 0 Å². The van der Waals surface area contributed by atoms with Gasteiger partial charge in [-0.05, 0) is 49.4 Å². The SMILES string of the molecule is Cc1cc(N(C)C)ccc1NC(=O)CSC(=S)N1CCC(C)CC1. The standard InChI is InChI=1S/C18H27N3OS2/c1-13-7-9-21(10-8-13)18(23)24-12-17(22)19-16-6-5-15(20(3)4)11-14(16)2/h5-6,11,13H,7-10,12H2,1-4H3,(H,19,22). The van der Waals surface area contributed by atoms with Gasteiger partial charge < -0.3 is 15.1 Å². The molecule has 1 aliphatic rings. The predicted molar refractivity (Wildman–Crippen MR) is 109 cm³/mol. The predicted octanol–water partition coefficient (Wildman–Crippen LogP) is 3.75. The quantitative estimate of drug-likeness (QED) is 0.822. The molecule has 0 bridgehead atoms. The molecule has 24 heavy (non-hydrogen) atoms. The molecule has 1 fully saturated rings. The highest BCUT2D eigenvalue weighted by Gasteiger charge is 2.18. The molecule has 0 atom stereocenters. The van der Waals surface area contributed by atoms with Crippen LogP contribution in [0.5, 0.6) is 0 Å². The second-order valence-corrected chi connectivity index (χ2v) is 8.28. The van der Waals surface area contributed by atoms with Gasteiger partial charge in [-0.2, -0.15) is 0 Å². The van der Waals surface area contributed by atoms with Crippen molar-refractivity contribution in [3.8, 4) is 0 Å². The Morgan fingerprint density at radius 1 is 1.38 bits per heavy atom. The largest absolute Gasteiger partial charge is 0.378 e. The Kier molecular flexibility index (Phi) is 6.92. The first-order valence-electron chi connectivity index (χ1n) is 8.36. The summed E-state index contributed by atoms with van der Waals surface area (Å²) in [5.74, 6) is 1.14. The van der Waals surface area contributed by atoms with Crippen molar-refractivity contribution in [2.24, 2.45) is 5.92 Å². The topological polar surface area (TPSA) is 35.6 Å². The number of benzene rings is 1. The van der Waals surface area contributed by atoms with Crippen LogP contribution in [0.1, 0.15) is 25.3 Å². The highest BCUT2D eigenvalue weighted by Crippen LogP contribution is 2.23. The van der Waals surface area contributed by atoms with Crippen molar-refractivity contribution in [2.45, 2.75) is 26.7 Å². The van der Waals surface area contributed by atoms with Gasteiger partial charge in [0.15, 0.2) is 0 Å². The van der Waals surface area contributed by atoms with E-state index in [1.54, 1.807) is 0 Å². The average Bonchev–Trinajstić information content (AvgIpc) is 2.55. The zero-order valence-corrected chi connectivity index (χ0v) is 16.6. The van der Waals surface area contributed by atoms with Crippen LogP contribution in [0.2, 0.25) is 0 Å². The van der Waals surface area contributed by atoms with E-state index in [0.29, 0.717) is 5.75 Å². The van der Waals surface area contributed by atoms with Gasteiger partial charge in [-0.25, -0.2) is 0 Å². The molecule has 0 saturated carbocycles. The molecular formula is C18H27N3OS2. The first-order valence-corrected chi connectivity index (χ1v) is 9.75. The van der Waals surface area contributed by atoms with E-state index < -0.39 is 0 Å². The molecule has 0 radical (unpaired) electrons. The fourth-order valence-corrected chi connectivity index (χ4v) is 3.71. The van der Waals surface area contributed by atoms with E-state index in [1.165, 1.54) is 24.6 Å². The minimum absolute atomic E-state index is 0.00608. The van der Waals surface area contributed by atoms with E-state index in [2.05, 4.69) is 23.2 Å². The summed E-state index contributed by atoms with van der Waals surface area (Å²) in [5.41, 5.74) is 3.05. The van der Waals surface area contributed by atoms with Crippen molar-refractivity contribution in [1.29, 1.82) is 0 Å². The summed E-state index contributed by atoms with van der Waals surface area (Å²) in [7, 11) is 4.01. The highest BCUT2D eigenvalue weighted by molar-refractivity contribution is 8.23. The van der Waals surface area contributed by atoms with Crippen molar-refractivity contribution in [2.75, 3.05) is 43.2 Å². The molecule has 2 rings (SSSR count). The number of rotatable bonds is 4. The molecule has 1 N–H and O–H groups in total. The maximum atomic E-state index is 12.2. The molecule has 6 heteroatoms. The Balaban J connectivity index is 1.82. The van der Waals surface area contributed by atoms with E-state index in [9.17, 15) is 4.79 Å². The van der Waals surface area contributed by atoms with Gasteiger partial charge in [0.1, 0.15) is 4.32 Å². The van der Waals surface area contributed by atoms with E-state index >= 15 is 0 Å². The number of nitrogens with one attached hydrogen (secondary N) is 1. The number of anilines is 2. The minimum atomic E-state index is -0.00608. The van der Waals surface area contributed by atoms with Gasteiger partial charge in [-0.3, -0.25) is 4.79 Å². The number of nitrogens with zero attached hydrogens (tertiary/aromatic N) is 2. The van der Waals surface area contributed by atoms with Crippen molar-refractivity contribution >= 4 is 45.6 Å². The van der Waals surface area contributed by atoms with Crippen LogP contribution in [0.4, 0.5) is 11.4 Å². The Morgan fingerprint density at radius 3 is 2.62 bits per heavy atom. The number of aryl methyl sites for hydroxylation is 1. The molecule has 1 aliphatic heterocycles. The van der Waals surface area contributed by atoms with Crippen LogP contribution in [-0.2, 0) is 4.79 Å². The average molecular weight is 366 g/mol. The molecule has 1 amide bonds. The van der Waals surface area contributed by atoms with Crippen LogP contribution >= 0.6 is 24.0 Å². The summed E-state index contributed by atoms with van der Waals surface area (Å²) < 4.78 is 0.844. The number of hydrogen-bond donors (Lipinski definition) is 1. The summed E-state index contributed by atoms with van der Waals surface area (Å²) in [6.07, 6.45) is 2.37. The van der Waals surface area contributed by atoms with E-state index in [0.717, 1.165) is 40.3 Å². The maximum absolute atomic E-state index is 12.2. The zero-order chi connectivity index (χ0) is 17.7. The van der Waals surface area contributed by atoms with Crippen LogP contribution in [-0.4, -0.2) is 48.1 Å². The number of thioether (sulfide) groups is 1. The fourth-order valence-electron chi connectivity index (χ4n) is 2.66. The Labute approximate surface area is 155 Å². The van der Waals surface area contributed by atoms with Crippen LogP contribution in [0.3, 0.4) is 0 Å². The zero-order valence-electron chi connectivity index (χ0n) is 15.0. The second kappa shape index (κ2) is 8.72. The second-order valence-electron chi connectivity index (χ2n) is 6.67. The molecule has 0 spiro atoms. The van der Waals surface area contributed by atoms with Gasteiger partial charge in [0, 0.05) is 38.6 Å². The molecule has 1 saturated heterocycles. The molecule has 1 aromatic rings. The number of thiocarbonyl (C=S) groups is 1. The smallest absolute Gasteiger partial charge is 0.234 e. The van der Waals surface area contributed by atoms with E-state index in [4.69, 9.17) is 12.2 Å². The first kappa shape index (κ1) is 19.1. The number of carbonyl (C=O) groups is 1. The summed E-state index contributed by atoms with van der Waals surface area (Å²) in [4.78, 5) is 16.5. The minimum Gasteiger partial charge on any atom is -0.378 e. The third-order valence-corrected chi connectivity index (χ3v) is 5.89. The summed E-state index contributed by atoms with van der Waals surface area (Å²) in [6, 6.07) is 6.04. The highest BCUT2D eigenvalue weighted by atomic mass is 32.2. The molecule has 0 unspecified atom stereocenters. The number of hydrogen-bond acceptors (Lipinski definition) is 4. The molecular weight excluding hydrogens is 338 g/mol. The Bertz CT molecular complexity index is 596. The van der Waals surface area contributed by atoms with E-state index in [-0.39, 0.29) is 5.91 Å². The lowest BCUT2D eigenvalue weighted by molar-refractivity contribution is -0.113. The summed E-state index contributed by atoms with van der Waals surface area (Å²) >= 11 is 6.93. The monoisotopic (exact) mass is 365 g/mol.